The van der Waals surface area contributed by atoms with Crippen LogP contribution in [0.25, 0.3) is 0 Å². The van der Waals surface area contributed by atoms with Crippen LogP contribution in [-0.4, -0.2) is 37.9 Å². The molecule has 1 unspecified atom stereocenters. The third-order valence-corrected chi connectivity index (χ3v) is 5.54. The van der Waals surface area contributed by atoms with Gasteiger partial charge in [0.1, 0.15) is 34.3 Å². The van der Waals surface area contributed by atoms with Crippen LogP contribution in [-0.2, 0) is 11.3 Å². The molecule has 0 spiro atoms. The van der Waals surface area contributed by atoms with Crippen LogP contribution in [0.15, 0.2) is 30.3 Å². The summed E-state index contributed by atoms with van der Waals surface area (Å²) in [7, 11) is 4.57. The molecule has 5 nitrogen and oxygen atoms in total. The van der Waals surface area contributed by atoms with E-state index in [-0.39, 0.29) is 23.8 Å². The van der Waals surface area contributed by atoms with Gasteiger partial charge in [0.25, 0.3) is 0 Å². The number of methoxy groups -OCH3 is 3. The Balaban J connectivity index is 2.01. The van der Waals surface area contributed by atoms with Gasteiger partial charge in [0, 0.05) is 23.8 Å². The van der Waals surface area contributed by atoms with E-state index in [4.69, 9.17) is 14.2 Å². The van der Waals surface area contributed by atoms with Crippen molar-refractivity contribution in [3.63, 3.8) is 0 Å². The summed E-state index contributed by atoms with van der Waals surface area (Å²) in [5.41, 5.74) is 0.905. The van der Waals surface area contributed by atoms with Crippen molar-refractivity contribution < 1.29 is 27.8 Å². The van der Waals surface area contributed by atoms with Crippen molar-refractivity contribution in [3.8, 4) is 17.2 Å². The molecule has 1 saturated heterocycles. The first-order chi connectivity index (χ1) is 13.0. The number of halogens is 2. The van der Waals surface area contributed by atoms with Crippen molar-refractivity contribution in [2.45, 2.75) is 11.9 Å². The van der Waals surface area contributed by atoms with E-state index in [1.165, 1.54) is 50.1 Å². The fourth-order valence-electron chi connectivity index (χ4n) is 2.97. The molecule has 27 heavy (non-hydrogen) atoms. The Kier molecular flexibility index (Phi) is 5.74. The van der Waals surface area contributed by atoms with Crippen LogP contribution < -0.4 is 14.2 Å². The third kappa shape index (κ3) is 3.80. The molecular formula is C19H19F2NO4S. The highest BCUT2D eigenvalue weighted by molar-refractivity contribution is 8.00. The molecule has 1 atom stereocenters. The zero-order valence-electron chi connectivity index (χ0n) is 15.1. The molecule has 0 radical (unpaired) electrons. The number of carbonyl (C=O) groups is 1. The zero-order valence-corrected chi connectivity index (χ0v) is 15.9. The number of thioether (sulfide) groups is 1. The van der Waals surface area contributed by atoms with E-state index < -0.39 is 17.0 Å². The fourth-order valence-corrected chi connectivity index (χ4v) is 4.21. The normalized spacial score (nSPS) is 16.6. The van der Waals surface area contributed by atoms with Gasteiger partial charge in [0.2, 0.25) is 5.91 Å². The number of rotatable bonds is 6. The molecule has 1 heterocycles. The molecule has 1 aliphatic heterocycles. The number of carbonyl (C=O) groups excluding carboxylic acids is 1. The minimum absolute atomic E-state index is 0.0148. The van der Waals surface area contributed by atoms with E-state index >= 15 is 0 Å². The lowest BCUT2D eigenvalue weighted by molar-refractivity contribution is -0.128. The molecule has 2 aromatic carbocycles. The average molecular weight is 395 g/mol. The molecule has 3 rings (SSSR count). The minimum atomic E-state index is -0.688. The van der Waals surface area contributed by atoms with Crippen molar-refractivity contribution in [1.29, 1.82) is 0 Å². The van der Waals surface area contributed by atoms with Crippen LogP contribution in [0, 0.1) is 11.6 Å². The van der Waals surface area contributed by atoms with Crippen LogP contribution in [0.1, 0.15) is 16.5 Å². The van der Waals surface area contributed by atoms with E-state index in [0.717, 1.165) is 6.07 Å². The fraction of sp³-hybridized carbons (Fsp3) is 0.316. The van der Waals surface area contributed by atoms with Gasteiger partial charge in [-0.3, -0.25) is 4.79 Å². The van der Waals surface area contributed by atoms with Gasteiger partial charge in [-0.05, 0) is 6.07 Å². The molecule has 1 fully saturated rings. The number of benzene rings is 2. The number of hydrogen-bond acceptors (Lipinski definition) is 5. The lowest BCUT2D eigenvalue weighted by Crippen LogP contribution is -2.28. The van der Waals surface area contributed by atoms with E-state index in [9.17, 15) is 13.6 Å². The lowest BCUT2D eigenvalue weighted by Gasteiger charge is -2.27. The third-order valence-electron chi connectivity index (χ3n) is 4.32. The maximum absolute atomic E-state index is 14.1. The second-order valence-corrected chi connectivity index (χ2v) is 6.93. The largest absolute Gasteiger partial charge is 0.496 e. The van der Waals surface area contributed by atoms with Gasteiger partial charge in [-0.2, -0.15) is 0 Å². The van der Waals surface area contributed by atoms with Crippen LogP contribution in [0.3, 0.4) is 0 Å². The Labute approximate surface area is 160 Å². The molecule has 144 valence electrons. The van der Waals surface area contributed by atoms with Gasteiger partial charge < -0.3 is 19.1 Å². The smallest absolute Gasteiger partial charge is 0.234 e. The second-order valence-electron chi connectivity index (χ2n) is 5.87. The molecule has 0 aromatic heterocycles. The van der Waals surface area contributed by atoms with Crippen molar-refractivity contribution in [1.82, 2.24) is 4.90 Å². The molecule has 0 N–H and O–H groups in total. The first-order valence-electron chi connectivity index (χ1n) is 8.13. The summed E-state index contributed by atoms with van der Waals surface area (Å²) < 4.78 is 43.5. The first kappa shape index (κ1) is 19.3. The van der Waals surface area contributed by atoms with Crippen molar-refractivity contribution >= 4 is 17.7 Å². The average Bonchev–Trinajstić information content (AvgIpc) is 3.02. The highest BCUT2D eigenvalue weighted by Gasteiger charge is 2.37. The van der Waals surface area contributed by atoms with Gasteiger partial charge in [-0.25, -0.2) is 8.78 Å². The highest BCUT2D eigenvalue weighted by Crippen LogP contribution is 2.48. The Morgan fingerprint density at radius 1 is 1.07 bits per heavy atom. The molecule has 0 saturated carbocycles. The van der Waals surface area contributed by atoms with Gasteiger partial charge in [0.05, 0.1) is 39.2 Å². The van der Waals surface area contributed by atoms with Crippen LogP contribution in [0.4, 0.5) is 8.78 Å². The topological polar surface area (TPSA) is 48.0 Å². The standard InChI is InChI=1S/C19H19F2NO4S/c1-24-13-7-15(25-2)18(16(8-13)26-3)19-22(17(23)10-27-19)9-11-4-5-12(20)6-14(11)21/h4-8,19H,9-10H2,1-3H3. The highest BCUT2D eigenvalue weighted by atomic mass is 32.2. The van der Waals surface area contributed by atoms with Gasteiger partial charge in [0.15, 0.2) is 0 Å². The summed E-state index contributed by atoms with van der Waals surface area (Å²) in [6, 6.07) is 6.75. The number of hydrogen-bond donors (Lipinski definition) is 0. The Morgan fingerprint density at radius 3 is 2.30 bits per heavy atom. The summed E-state index contributed by atoms with van der Waals surface area (Å²) in [6.45, 7) is 0.0148. The molecule has 0 aliphatic carbocycles. The minimum Gasteiger partial charge on any atom is -0.496 e. The SMILES string of the molecule is COc1cc(OC)c(C2SCC(=O)N2Cc2ccc(F)cc2F)c(OC)c1. The van der Waals surface area contributed by atoms with E-state index in [1.54, 1.807) is 12.1 Å². The number of amides is 1. The van der Waals surface area contributed by atoms with Crippen LogP contribution in [0.2, 0.25) is 0 Å². The van der Waals surface area contributed by atoms with Crippen molar-refractivity contribution in [2.75, 3.05) is 27.1 Å². The lowest BCUT2D eigenvalue weighted by atomic mass is 10.1. The number of ether oxygens (including phenoxy) is 3. The Bertz CT molecular complexity index is 837. The molecule has 2 aromatic rings. The zero-order chi connectivity index (χ0) is 19.6. The van der Waals surface area contributed by atoms with Crippen molar-refractivity contribution in [2.24, 2.45) is 0 Å². The molecule has 0 bridgehead atoms. The summed E-state index contributed by atoms with van der Waals surface area (Å²) >= 11 is 1.39. The van der Waals surface area contributed by atoms with Gasteiger partial charge in [-0.1, -0.05) is 6.07 Å². The molecule has 1 aliphatic rings. The van der Waals surface area contributed by atoms with Gasteiger partial charge in [-0.15, -0.1) is 11.8 Å². The molecular weight excluding hydrogens is 376 g/mol. The number of nitrogens with zero attached hydrogens (tertiary/aromatic N) is 1. The molecule has 8 heteroatoms. The maximum atomic E-state index is 14.1. The summed E-state index contributed by atoms with van der Waals surface area (Å²) in [6.07, 6.45) is 0. The monoisotopic (exact) mass is 395 g/mol. The van der Waals surface area contributed by atoms with Crippen molar-refractivity contribution in [3.05, 3.63) is 53.1 Å². The quantitative estimate of drug-likeness (QED) is 0.745. The van der Waals surface area contributed by atoms with Crippen LogP contribution >= 0.6 is 11.8 Å². The first-order valence-corrected chi connectivity index (χ1v) is 9.18. The predicted octanol–water partition coefficient (Wildman–Crippen LogP) is 3.76. The predicted molar refractivity (Wildman–Crippen MR) is 98.2 cm³/mol. The van der Waals surface area contributed by atoms with Crippen LogP contribution in [0.5, 0.6) is 17.2 Å². The van der Waals surface area contributed by atoms with E-state index in [0.29, 0.717) is 22.8 Å². The summed E-state index contributed by atoms with van der Waals surface area (Å²) in [5.74, 6) is 0.310. The second kappa shape index (κ2) is 8.04. The summed E-state index contributed by atoms with van der Waals surface area (Å²) in [5, 5.41) is -0.433. The Hall–Kier alpha value is -2.48. The van der Waals surface area contributed by atoms with Gasteiger partial charge >= 0.3 is 0 Å². The van der Waals surface area contributed by atoms with E-state index in [2.05, 4.69) is 0 Å². The Morgan fingerprint density at radius 2 is 1.74 bits per heavy atom. The summed E-state index contributed by atoms with van der Waals surface area (Å²) in [4.78, 5) is 14.0. The molecule has 1 amide bonds. The van der Waals surface area contributed by atoms with E-state index in [1.807, 2.05) is 0 Å². The maximum Gasteiger partial charge on any atom is 0.234 e.